The summed E-state index contributed by atoms with van der Waals surface area (Å²) in [6, 6.07) is 8.94. The SMILES string of the molecule is C[C@H]1CN2[N-][NH+](C)C(CO)=C2CN1OC(=O)c1ccccc1. The third kappa shape index (κ3) is 2.71. The van der Waals surface area contributed by atoms with E-state index in [2.05, 4.69) is 5.53 Å². The number of carbonyl (C=O) groups is 1. The predicted octanol–water partition coefficient (Wildman–Crippen LogP) is -0.300. The Balaban J connectivity index is 1.74. The Labute approximate surface area is 129 Å². The van der Waals surface area contributed by atoms with Gasteiger partial charge in [-0.2, -0.15) is 0 Å². The maximum atomic E-state index is 12.2. The number of fused-ring (bicyclic) bond motifs is 1. The van der Waals surface area contributed by atoms with Crippen LogP contribution in [0.2, 0.25) is 0 Å². The molecule has 2 aliphatic heterocycles. The minimum atomic E-state index is -0.373. The number of piperazine rings is 1. The highest BCUT2D eigenvalue weighted by Crippen LogP contribution is 2.25. The molecular weight excluding hydrogens is 284 g/mol. The summed E-state index contributed by atoms with van der Waals surface area (Å²) in [5, 5.41) is 13.9. The number of likely N-dealkylation sites (N-methyl/N-ethyl adjacent to an activating group) is 1. The fourth-order valence-electron chi connectivity index (χ4n) is 2.70. The molecule has 1 fully saturated rings. The standard InChI is InChI=1S/C15H20N4O3/c1-11-8-18-13(14(10-20)17(2)16-18)9-19(11)22-15(21)12-6-4-3-5-7-12/h3-7,11,17,20H,8-10H2,1-2H3/t11-/m0/s1. The Bertz CT molecular complexity index is 590. The van der Waals surface area contributed by atoms with Crippen LogP contribution in [0.5, 0.6) is 0 Å². The van der Waals surface area contributed by atoms with Crippen LogP contribution in [0.1, 0.15) is 17.3 Å². The first-order valence-corrected chi connectivity index (χ1v) is 7.30. The second-order valence-corrected chi connectivity index (χ2v) is 5.52. The molecule has 0 saturated carbocycles. The maximum Gasteiger partial charge on any atom is 0.357 e. The lowest BCUT2D eigenvalue weighted by molar-refractivity contribution is -0.802. The average molecular weight is 304 g/mol. The topological polar surface area (TPSA) is 71.6 Å². The lowest BCUT2D eigenvalue weighted by Gasteiger charge is -2.42. The van der Waals surface area contributed by atoms with E-state index in [1.165, 1.54) is 0 Å². The molecule has 2 N–H and O–H groups in total. The van der Waals surface area contributed by atoms with Crippen LogP contribution in [0.3, 0.4) is 0 Å². The Morgan fingerprint density at radius 2 is 2.18 bits per heavy atom. The van der Waals surface area contributed by atoms with Crippen molar-refractivity contribution in [2.24, 2.45) is 0 Å². The molecule has 1 aromatic rings. The highest BCUT2D eigenvalue weighted by Gasteiger charge is 2.34. The van der Waals surface area contributed by atoms with Gasteiger partial charge in [-0.05, 0) is 19.1 Å². The van der Waals surface area contributed by atoms with E-state index in [0.29, 0.717) is 18.7 Å². The number of quaternary nitrogens is 1. The van der Waals surface area contributed by atoms with Crippen molar-refractivity contribution < 1.29 is 19.7 Å². The van der Waals surface area contributed by atoms with Gasteiger partial charge in [0.15, 0.2) is 0 Å². The Morgan fingerprint density at radius 3 is 2.86 bits per heavy atom. The van der Waals surface area contributed by atoms with Crippen LogP contribution in [0, 0.1) is 0 Å². The maximum absolute atomic E-state index is 12.2. The quantitative estimate of drug-likeness (QED) is 0.802. The summed E-state index contributed by atoms with van der Waals surface area (Å²) in [5.74, 6) is -0.373. The predicted molar refractivity (Wildman–Crippen MR) is 79.1 cm³/mol. The zero-order valence-corrected chi connectivity index (χ0v) is 12.7. The summed E-state index contributed by atoms with van der Waals surface area (Å²) in [6.07, 6.45) is 0. The van der Waals surface area contributed by atoms with Gasteiger partial charge in [0, 0.05) is 6.54 Å². The molecule has 118 valence electrons. The monoisotopic (exact) mass is 304 g/mol. The Kier molecular flexibility index (Phi) is 4.12. The zero-order chi connectivity index (χ0) is 15.7. The highest BCUT2D eigenvalue weighted by atomic mass is 16.7. The largest absolute Gasteiger partial charge is 0.422 e. The van der Waals surface area contributed by atoms with Crippen LogP contribution in [0.25, 0.3) is 5.53 Å². The van der Waals surface area contributed by atoms with Crippen molar-refractivity contribution in [1.29, 1.82) is 0 Å². The van der Waals surface area contributed by atoms with Gasteiger partial charge in [-0.25, -0.2) is 4.79 Å². The van der Waals surface area contributed by atoms with E-state index in [0.717, 1.165) is 16.4 Å². The molecule has 7 heteroatoms. The fraction of sp³-hybridized carbons (Fsp3) is 0.400. The van der Waals surface area contributed by atoms with Crippen molar-refractivity contribution >= 4 is 5.97 Å². The molecule has 2 heterocycles. The fourth-order valence-corrected chi connectivity index (χ4v) is 2.70. The molecule has 0 radical (unpaired) electrons. The summed E-state index contributed by atoms with van der Waals surface area (Å²) in [4.78, 5) is 17.7. The molecule has 7 nitrogen and oxygen atoms in total. The van der Waals surface area contributed by atoms with Crippen molar-refractivity contribution in [2.75, 3.05) is 26.7 Å². The van der Waals surface area contributed by atoms with Crippen molar-refractivity contribution in [3.8, 4) is 0 Å². The van der Waals surface area contributed by atoms with Crippen LogP contribution >= 0.6 is 0 Å². The average Bonchev–Trinajstić information content (AvgIpc) is 2.82. The molecule has 0 aliphatic carbocycles. The van der Waals surface area contributed by atoms with Crippen LogP contribution in [0.4, 0.5) is 0 Å². The number of carbonyl (C=O) groups excluding carboxylic acids is 1. The molecule has 0 aromatic heterocycles. The van der Waals surface area contributed by atoms with Gasteiger partial charge in [0.2, 0.25) is 0 Å². The van der Waals surface area contributed by atoms with Gasteiger partial charge < -0.3 is 25.5 Å². The number of benzene rings is 1. The van der Waals surface area contributed by atoms with Gasteiger partial charge >= 0.3 is 5.97 Å². The lowest BCUT2D eigenvalue weighted by Crippen LogP contribution is -3.02. The molecule has 22 heavy (non-hydrogen) atoms. The number of hydroxylamine groups is 2. The Hall–Kier alpha value is -1.93. The third-order valence-electron chi connectivity index (χ3n) is 3.97. The van der Waals surface area contributed by atoms with Gasteiger partial charge in [-0.1, -0.05) is 18.2 Å². The normalized spacial score (nSPS) is 25.3. The van der Waals surface area contributed by atoms with Gasteiger partial charge in [-0.15, -0.1) is 5.06 Å². The molecule has 0 bridgehead atoms. The van der Waals surface area contributed by atoms with E-state index < -0.39 is 0 Å². The van der Waals surface area contributed by atoms with Gasteiger partial charge in [0.25, 0.3) is 0 Å². The number of aliphatic hydroxyl groups is 1. The Morgan fingerprint density at radius 1 is 1.45 bits per heavy atom. The van der Waals surface area contributed by atoms with E-state index in [1.807, 2.05) is 25.0 Å². The third-order valence-corrected chi connectivity index (χ3v) is 3.97. The van der Waals surface area contributed by atoms with Gasteiger partial charge in [-0.3, -0.25) is 0 Å². The summed E-state index contributed by atoms with van der Waals surface area (Å²) >= 11 is 0. The van der Waals surface area contributed by atoms with Gasteiger partial charge in [0.05, 0.1) is 30.9 Å². The van der Waals surface area contributed by atoms with E-state index in [4.69, 9.17) is 4.84 Å². The molecule has 3 rings (SSSR count). The second-order valence-electron chi connectivity index (χ2n) is 5.52. The minimum absolute atomic E-state index is 0.0194. The van der Waals surface area contributed by atoms with Crippen molar-refractivity contribution in [2.45, 2.75) is 13.0 Å². The van der Waals surface area contributed by atoms with E-state index in [9.17, 15) is 9.90 Å². The van der Waals surface area contributed by atoms with Crippen molar-refractivity contribution in [3.63, 3.8) is 0 Å². The summed E-state index contributed by atoms with van der Waals surface area (Å²) in [7, 11) is 1.88. The number of nitrogens with zero attached hydrogens (tertiary/aromatic N) is 3. The molecule has 1 aromatic carbocycles. The van der Waals surface area contributed by atoms with E-state index >= 15 is 0 Å². The lowest BCUT2D eigenvalue weighted by atomic mass is 10.2. The van der Waals surface area contributed by atoms with Crippen LogP contribution in [-0.2, 0) is 4.84 Å². The first-order valence-electron chi connectivity index (χ1n) is 7.30. The summed E-state index contributed by atoms with van der Waals surface area (Å²) in [6.45, 7) is 2.97. The van der Waals surface area contributed by atoms with Gasteiger partial charge in [0.1, 0.15) is 12.3 Å². The minimum Gasteiger partial charge on any atom is -0.422 e. The summed E-state index contributed by atoms with van der Waals surface area (Å²) in [5.41, 5.74) is 6.67. The number of aliphatic hydroxyl groups excluding tert-OH is 1. The molecule has 1 saturated heterocycles. The van der Waals surface area contributed by atoms with Crippen molar-refractivity contribution in [3.05, 3.63) is 52.8 Å². The summed E-state index contributed by atoms with van der Waals surface area (Å²) < 4.78 is 0. The number of hydrogen-bond acceptors (Lipinski definition) is 5. The van der Waals surface area contributed by atoms with E-state index in [1.54, 1.807) is 29.3 Å². The molecule has 1 unspecified atom stereocenters. The van der Waals surface area contributed by atoms with E-state index in [-0.39, 0.29) is 18.6 Å². The molecule has 0 spiro atoms. The smallest absolute Gasteiger partial charge is 0.357 e. The first kappa shape index (κ1) is 15.0. The number of hydrogen-bond donors (Lipinski definition) is 2. The molecule has 2 atom stereocenters. The molecule has 2 aliphatic rings. The second kappa shape index (κ2) is 6.05. The number of rotatable bonds is 3. The number of nitrogens with one attached hydrogen (secondary N) is 1. The molecular formula is C15H20N4O3. The van der Waals surface area contributed by atoms with Crippen LogP contribution in [-0.4, -0.2) is 53.9 Å². The molecule has 0 amide bonds. The van der Waals surface area contributed by atoms with Crippen molar-refractivity contribution in [1.82, 2.24) is 10.1 Å². The zero-order valence-electron chi connectivity index (χ0n) is 12.7. The van der Waals surface area contributed by atoms with Crippen LogP contribution in [0.15, 0.2) is 41.7 Å². The van der Waals surface area contributed by atoms with Crippen LogP contribution < -0.4 is 5.01 Å². The highest BCUT2D eigenvalue weighted by molar-refractivity contribution is 5.89. The first-order chi connectivity index (χ1) is 10.6.